The molecule has 1 aliphatic heterocycles. The van der Waals surface area contributed by atoms with E-state index in [9.17, 15) is 14.8 Å². The number of hydrogen-bond donors (Lipinski definition) is 3. The fourth-order valence-electron chi connectivity index (χ4n) is 2.98. The summed E-state index contributed by atoms with van der Waals surface area (Å²) >= 11 is 0. The molecule has 1 atom stereocenters. The third kappa shape index (κ3) is 6.14. The number of hydroxylamine groups is 2. The second kappa shape index (κ2) is 10.5. The highest BCUT2D eigenvalue weighted by Crippen LogP contribution is 2.19. The Kier molecular flexibility index (Phi) is 8.07. The van der Waals surface area contributed by atoms with Crippen molar-refractivity contribution in [3.63, 3.8) is 0 Å². The number of carbonyl (C=O) groups is 2. The Morgan fingerprint density at radius 3 is 2.85 bits per heavy atom. The average molecular weight is 364 g/mol. The minimum atomic E-state index is -0.496. The zero-order valence-corrected chi connectivity index (χ0v) is 15.2. The lowest BCUT2D eigenvalue weighted by molar-refractivity contribution is -0.154. The summed E-state index contributed by atoms with van der Waals surface area (Å²) < 4.78 is 0. The Hall–Kier alpha value is -2.42. The molecule has 0 spiro atoms. The zero-order chi connectivity index (χ0) is 18.8. The van der Waals surface area contributed by atoms with Crippen molar-refractivity contribution in [2.24, 2.45) is 5.92 Å². The number of rotatable bonds is 11. The van der Waals surface area contributed by atoms with Gasteiger partial charge in [0.05, 0.1) is 12.5 Å². The lowest BCUT2D eigenvalue weighted by atomic mass is 10.0. The Balaban J connectivity index is 1.90. The van der Waals surface area contributed by atoms with Gasteiger partial charge in [0.1, 0.15) is 18.0 Å². The van der Waals surface area contributed by atoms with Gasteiger partial charge in [0.25, 0.3) is 0 Å². The minimum absolute atomic E-state index is 0.0382. The van der Waals surface area contributed by atoms with Gasteiger partial charge >= 0.3 is 0 Å². The molecule has 0 aromatic carbocycles. The van der Waals surface area contributed by atoms with Crippen LogP contribution in [-0.4, -0.2) is 52.2 Å². The maximum Gasteiger partial charge on any atom is 0.243 e. The molecule has 1 aromatic heterocycles. The first-order chi connectivity index (χ1) is 12.6. The minimum Gasteiger partial charge on any atom is -0.356 e. The number of nitrogens with zero attached hydrogens (tertiary/aromatic N) is 4. The molecule has 0 bridgehead atoms. The molecule has 26 heavy (non-hydrogen) atoms. The van der Waals surface area contributed by atoms with Crippen molar-refractivity contribution in [2.45, 2.75) is 45.4 Å². The van der Waals surface area contributed by atoms with Gasteiger partial charge in [-0.2, -0.15) is 0 Å². The van der Waals surface area contributed by atoms with Crippen molar-refractivity contribution in [1.29, 1.82) is 0 Å². The number of anilines is 2. The van der Waals surface area contributed by atoms with E-state index in [1.807, 2.05) is 0 Å². The standard InChI is InChI=1S/C17H28N6O3/c1-2-3-4-7-14(11-23(26)13-24)17(25)21-20-15-10-16(19-12-18-15)22-8-5-6-9-22/h10,12-14,26H,2-9,11H2,1H3,(H,21,25)(H,18,19,20). The number of unbranched alkanes of at least 4 members (excludes halogenated alkanes) is 2. The van der Waals surface area contributed by atoms with E-state index in [-0.39, 0.29) is 12.5 Å². The Labute approximate surface area is 153 Å². The molecule has 0 aliphatic carbocycles. The summed E-state index contributed by atoms with van der Waals surface area (Å²) in [4.78, 5) is 33.6. The van der Waals surface area contributed by atoms with Gasteiger partial charge in [-0.15, -0.1) is 0 Å². The molecule has 9 heteroatoms. The first-order valence-corrected chi connectivity index (χ1v) is 9.17. The van der Waals surface area contributed by atoms with Gasteiger partial charge in [0, 0.05) is 19.2 Å². The molecule has 2 rings (SSSR count). The molecule has 144 valence electrons. The lowest BCUT2D eigenvalue weighted by Gasteiger charge is -2.20. The van der Waals surface area contributed by atoms with E-state index in [0.29, 0.717) is 23.7 Å². The monoisotopic (exact) mass is 364 g/mol. The van der Waals surface area contributed by atoms with Crippen LogP contribution in [0.2, 0.25) is 0 Å². The first kappa shape index (κ1) is 19.9. The van der Waals surface area contributed by atoms with Crippen LogP contribution in [0.3, 0.4) is 0 Å². The van der Waals surface area contributed by atoms with E-state index in [1.54, 1.807) is 6.07 Å². The molecule has 0 saturated carbocycles. The number of aromatic nitrogens is 2. The summed E-state index contributed by atoms with van der Waals surface area (Å²) in [5, 5.41) is 9.92. The first-order valence-electron chi connectivity index (χ1n) is 9.17. The normalized spacial score (nSPS) is 14.8. The molecule has 1 saturated heterocycles. The summed E-state index contributed by atoms with van der Waals surface area (Å²) in [5.41, 5.74) is 5.43. The molecule has 1 unspecified atom stereocenters. The predicted octanol–water partition coefficient (Wildman–Crippen LogP) is 1.56. The SMILES string of the molecule is CCCCCC(CN(O)C=O)C(=O)NNc1cc(N2CCCC2)ncn1. The van der Waals surface area contributed by atoms with Crippen LogP contribution in [-0.2, 0) is 9.59 Å². The third-order valence-corrected chi connectivity index (χ3v) is 4.45. The fraction of sp³-hybridized carbons (Fsp3) is 0.647. The highest BCUT2D eigenvalue weighted by Gasteiger charge is 2.21. The Bertz CT molecular complexity index is 579. The number of hydrazine groups is 1. The zero-order valence-electron chi connectivity index (χ0n) is 15.2. The molecule has 1 fully saturated rings. The highest BCUT2D eigenvalue weighted by molar-refractivity contribution is 5.80. The highest BCUT2D eigenvalue weighted by atomic mass is 16.5. The second-order valence-electron chi connectivity index (χ2n) is 6.49. The Morgan fingerprint density at radius 2 is 2.15 bits per heavy atom. The van der Waals surface area contributed by atoms with Crippen LogP contribution in [0.5, 0.6) is 0 Å². The molecule has 9 nitrogen and oxygen atoms in total. The second-order valence-corrected chi connectivity index (χ2v) is 6.49. The number of nitrogens with one attached hydrogen (secondary N) is 2. The maximum atomic E-state index is 12.4. The van der Waals surface area contributed by atoms with Crippen LogP contribution < -0.4 is 15.8 Å². The summed E-state index contributed by atoms with van der Waals surface area (Å²) in [5.74, 6) is 0.544. The predicted molar refractivity (Wildman–Crippen MR) is 97.4 cm³/mol. The van der Waals surface area contributed by atoms with Crippen molar-refractivity contribution >= 4 is 24.0 Å². The third-order valence-electron chi connectivity index (χ3n) is 4.45. The van der Waals surface area contributed by atoms with Crippen molar-refractivity contribution in [2.75, 3.05) is 30.0 Å². The topological polar surface area (TPSA) is 111 Å². The summed E-state index contributed by atoms with van der Waals surface area (Å²) in [6.07, 6.45) is 7.54. The molecule has 1 aromatic rings. The van der Waals surface area contributed by atoms with Crippen LogP contribution >= 0.6 is 0 Å². The smallest absolute Gasteiger partial charge is 0.243 e. The number of hydrogen-bond acceptors (Lipinski definition) is 7. The number of carbonyl (C=O) groups excluding carboxylic acids is 2. The molecule has 1 aliphatic rings. The average Bonchev–Trinajstić information content (AvgIpc) is 3.20. The quantitative estimate of drug-likeness (QED) is 0.236. The molecular weight excluding hydrogens is 336 g/mol. The van der Waals surface area contributed by atoms with E-state index < -0.39 is 5.92 Å². The van der Waals surface area contributed by atoms with Crippen LogP contribution in [0.25, 0.3) is 0 Å². The van der Waals surface area contributed by atoms with Crippen LogP contribution in [0, 0.1) is 5.92 Å². The van der Waals surface area contributed by atoms with Gasteiger partial charge in [0.2, 0.25) is 12.3 Å². The molecule has 2 heterocycles. The van der Waals surface area contributed by atoms with Crippen molar-refractivity contribution in [3.05, 3.63) is 12.4 Å². The van der Waals surface area contributed by atoms with Gasteiger partial charge in [-0.05, 0) is 19.3 Å². The largest absolute Gasteiger partial charge is 0.356 e. The maximum absolute atomic E-state index is 12.4. The van der Waals surface area contributed by atoms with E-state index in [0.717, 1.165) is 51.0 Å². The van der Waals surface area contributed by atoms with Gasteiger partial charge in [-0.25, -0.2) is 15.0 Å². The van der Waals surface area contributed by atoms with E-state index >= 15 is 0 Å². The van der Waals surface area contributed by atoms with E-state index in [1.165, 1.54) is 6.33 Å². The van der Waals surface area contributed by atoms with E-state index in [2.05, 4.69) is 32.6 Å². The van der Waals surface area contributed by atoms with Crippen molar-refractivity contribution in [3.8, 4) is 0 Å². The molecule has 0 radical (unpaired) electrons. The van der Waals surface area contributed by atoms with Crippen LogP contribution in [0.15, 0.2) is 12.4 Å². The lowest BCUT2D eigenvalue weighted by Crippen LogP contribution is -2.40. The molecular formula is C17H28N6O3. The van der Waals surface area contributed by atoms with Crippen molar-refractivity contribution < 1.29 is 14.8 Å². The molecule has 2 amide bonds. The van der Waals surface area contributed by atoms with Gasteiger partial charge in [-0.3, -0.25) is 25.6 Å². The molecule has 3 N–H and O–H groups in total. The summed E-state index contributed by atoms with van der Waals surface area (Å²) in [6.45, 7) is 3.98. The van der Waals surface area contributed by atoms with Crippen LogP contribution in [0.1, 0.15) is 45.4 Å². The van der Waals surface area contributed by atoms with Crippen LogP contribution in [0.4, 0.5) is 11.6 Å². The Morgan fingerprint density at radius 1 is 1.38 bits per heavy atom. The number of amides is 2. The van der Waals surface area contributed by atoms with Gasteiger partial charge in [0.15, 0.2) is 0 Å². The summed E-state index contributed by atoms with van der Waals surface area (Å²) in [6, 6.07) is 1.79. The summed E-state index contributed by atoms with van der Waals surface area (Å²) in [7, 11) is 0. The fourth-order valence-corrected chi connectivity index (χ4v) is 2.98. The van der Waals surface area contributed by atoms with Crippen molar-refractivity contribution in [1.82, 2.24) is 20.5 Å². The van der Waals surface area contributed by atoms with Gasteiger partial charge in [-0.1, -0.05) is 26.2 Å². The van der Waals surface area contributed by atoms with Gasteiger partial charge < -0.3 is 4.90 Å². The van der Waals surface area contributed by atoms with E-state index in [4.69, 9.17) is 0 Å².